The molecule has 9 heteroatoms. The van der Waals surface area contributed by atoms with Gasteiger partial charge in [0.1, 0.15) is 12.4 Å². The number of carbonyl (C=O) groups is 2. The molecule has 0 aliphatic heterocycles. The fourth-order valence-corrected chi connectivity index (χ4v) is 3.16. The lowest BCUT2D eigenvalue weighted by molar-refractivity contribution is -0.117. The van der Waals surface area contributed by atoms with Gasteiger partial charge in [0.05, 0.1) is 6.20 Å². The van der Waals surface area contributed by atoms with Gasteiger partial charge in [0, 0.05) is 17.7 Å². The molecule has 2 amide bonds. The van der Waals surface area contributed by atoms with Crippen LogP contribution in [0.15, 0.2) is 72.9 Å². The number of carbonyl (C=O) groups excluding carboxylic acids is 2. The number of anilines is 2. The number of hydrogen-bond acceptors (Lipinski definition) is 6. The van der Waals surface area contributed by atoms with Crippen LogP contribution in [0, 0.1) is 5.92 Å². The van der Waals surface area contributed by atoms with Gasteiger partial charge in [-0.25, -0.2) is 14.3 Å². The third-order valence-corrected chi connectivity index (χ3v) is 5.03. The second-order valence-electron chi connectivity index (χ2n) is 7.68. The van der Waals surface area contributed by atoms with Gasteiger partial charge in [0.25, 0.3) is 0 Å². The van der Waals surface area contributed by atoms with E-state index in [0.717, 1.165) is 18.4 Å². The number of rotatable bonds is 7. The van der Waals surface area contributed by atoms with Gasteiger partial charge >= 0.3 is 6.09 Å². The maximum Gasteiger partial charge on any atom is 0.411 e. The number of hydrogen-bond donors (Lipinski definition) is 2. The van der Waals surface area contributed by atoms with E-state index in [1.54, 1.807) is 47.1 Å². The van der Waals surface area contributed by atoms with Gasteiger partial charge in [0.15, 0.2) is 11.5 Å². The summed E-state index contributed by atoms with van der Waals surface area (Å²) in [6.07, 6.45) is 2.97. The maximum atomic E-state index is 12.0. The minimum Gasteiger partial charge on any atom is -0.444 e. The molecule has 33 heavy (non-hydrogen) atoms. The monoisotopic (exact) mass is 443 g/mol. The van der Waals surface area contributed by atoms with Crippen LogP contribution in [0.5, 0.6) is 11.6 Å². The number of nitrogens with zero attached hydrogens (tertiary/aromatic N) is 3. The van der Waals surface area contributed by atoms with E-state index < -0.39 is 6.09 Å². The minimum absolute atomic E-state index is 0.00692. The lowest BCUT2D eigenvalue weighted by atomic mass is 10.2. The molecule has 1 aliphatic carbocycles. The number of aromatic nitrogens is 3. The first kappa shape index (κ1) is 20.5. The summed E-state index contributed by atoms with van der Waals surface area (Å²) in [6, 6.07) is 19.8. The largest absolute Gasteiger partial charge is 0.444 e. The second-order valence-corrected chi connectivity index (χ2v) is 7.68. The van der Waals surface area contributed by atoms with Crippen LogP contribution >= 0.6 is 0 Å². The lowest BCUT2D eigenvalue weighted by Crippen LogP contribution is -2.13. The zero-order valence-corrected chi connectivity index (χ0v) is 17.6. The Hall–Kier alpha value is -4.40. The minimum atomic E-state index is -0.538. The average Bonchev–Trinajstić information content (AvgIpc) is 3.60. The average molecular weight is 443 g/mol. The molecule has 0 saturated heterocycles. The molecule has 5 rings (SSSR count). The van der Waals surface area contributed by atoms with E-state index in [9.17, 15) is 9.59 Å². The quantitative estimate of drug-likeness (QED) is 0.432. The van der Waals surface area contributed by atoms with Crippen molar-refractivity contribution in [3.05, 3.63) is 78.5 Å². The number of imidazole rings is 1. The van der Waals surface area contributed by atoms with Gasteiger partial charge in [-0.1, -0.05) is 30.3 Å². The fourth-order valence-electron chi connectivity index (χ4n) is 3.16. The number of amides is 2. The summed E-state index contributed by atoms with van der Waals surface area (Å²) >= 11 is 0. The Labute approximate surface area is 189 Å². The van der Waals surface area contributed by atoms with E-state index in [1.807, 2.05) is 30.3 Å². The smallest absolute Gasteiger partial charge is 0.411 e. The van der Waals surface area contributed by atoms with Crippen molar-refractivity contribution in [3.8, 4) is 11.6 Å². The Morgan fingerprint density at radius 3 is 2.52 bits per heavy atom. The Balaban J connectivity index is 1.17. The van der Waals surface area contributed by atoms with E-state index in [4.69, 9.17) is 9.47 Å². The summed E-state index contributed by atoms with van der Waals surface area (Å²) in [5, 5.41) is 9.86. The normalized spacial score (nSPS) is 12.8. The second kappa shape index (κ2) is 8.99. The van der Waals surface area contributed by atoms with Gasteiger partial charge in [0.2, 0.25) is 11.8 Å². The molecule has 2 heterocycles. The molecule has 1 saturated carbocycles. The predicted molar refractivity (Wildman–Crippen MR) is 121 cm³/mol. The van der Waals surface area contributed by atoms with Crippen LogP contribution in [0.1, 0.15) is 18.4 Å². The third-order valence-electron chi connectivity index (χ3n) is 5.03. The summed E-state index contributed by atoms with van der Waals surface area (Å²) in [5.41, 5.74) is 2.09. The topological polar surface area (TPSA) is 107 Å². The molecule has 0 unspecified atom stereocenters. The van der Waals surface area contributed by atoms with Crippen LogP contribution in [0.3, 0.4) is 0 Å². The molecule has 2 aromatic heterocycles. The zero-order chi connectivity index (χ0) is 22.6. The van der Waals surface area contributed by atoms with Crippen LogP contribution < -0.4 is 15.4 Å². The van der Waals surface area contributed by atoms with Crippen molar-refractivity contribution >= 4 is 29.2 Å². The number of nitrogens with one attached hydrogen (secondary N) is 2. The van der Waals surface area contributed by atoms with Gasteiger partial charge < -0.3 is 14.8 Å². The van der Waals surface area contributed by atoms with E-state index in [-0.39, 0.29) is 18.4 Å². The van der Waals surface area contributed by atoms with Gasteiger partial charge in [-0.15, -0.1) is 5.10 Å². The highest BCUT2D eigenvalue weighted by molar-refractivity contribution is 5.93. The van der Waals surface area contributed by atoms with Crippen molar-refractivity contribution in [1.29, 1.82) is 0 Å². The lowest BCUT2D eigenvalue weighted by Gasteiger charge is -2.08. The molecule has 4 aromatic rings. The number of benzene rings is 2. The number of ether oxygens (including phenoxy) is 2. The summed E-state index contributed by atoms with van der Waals surface area (Å²) in [4.78, 5) is 28.2. The highest BCUT2D eigenvalue weighted by atomic mass is 16.5. The van der Waals surface area contributed by atoms with Crippen molar-refractivity contribution in [2.24, 2.45) is 5.92 Å². The maximum absolute atomic E-state index is 12.0. The van der Waals surface area contributed by atoms with Crippen LogP contribution in [-0.4, -0.2) is 26.6 Å². The molecule has 0 atom stereocenters. The Morgan fingerprint density at radius 2 is 1.76 bits per heavy atom. The summed E-state index contributed by atoms with van der Waals surface area (Å²) in [5.74, 6) is 1.47. The molecule has 0 spiro atoms. The molecule has 166 valence electrons. The molecule has 1 aliphatic rings. The van der Waals surface area contributed by atoms with Crippen LogP contribution in [0.2, 0.25) is 0 Å². The van der Waals surface area contributed by atoms with Crippen molar-refractivity contribution in [2.45, 2.75) is 19.4 Å². The van der Waals surface area contributed by atoms with Crippen molar-refractivity contribution in [1.82, 2.24) is 14.6 Å². The molecule has 9 nitrogen and oxygen atoms in total. The zero-order valence-electron chi connectivity index (χ0n) is 17.6. The van der Waals surface area contributed by atoms with E-state index >= 15 is 0 Å². The van der Waals surface area contributed by atoms with Crippen LogP contribution in [0.25, 0.3) is 5.65 Å². The van der Waals surface area contributed by atoms with Crippen LogP contribution in [0.4, 0.5) is 16.3 Å². The van der Waals surface area contributed by atoms with E-state index in [0.29, 0.717) is 28.8 Å². The van der Waals surface area contributed by atoms with E-state index in [1.165, 1.54) is 0 Å². The standard InChI is InChI=1S/C24H21N5O4/c30-23(17-6-7-17)27-20-14-29-21(26-20)12-13-22(28-29)33-19-10-8-18(9-11-19)25-24(31)32-15-16-4-2-1-3-5-16/h1-5,8-14,17H,6-7,15H2,(H,25,31)(H,27,30). The first-order valence-electron chi connectivity index (χ1n) is 10.6. The molecular formula is C24H21N5O4. The highest BCUT2D eigenvalue weighted by Gasteiger charge is 2.30. The van der Waals surface area contributed by atoms with Gasteiger partial charge in [-0.2, -0.15) is 0 Å². The fraction of sp³-hybridized carbons (Fsp3) is 0.167. The van der Waals surface area contributed by atoms with Crippen molar-refractivity contribution in [3.63, 3.8) is 0 Å². The summed E-state index contributed by atoms with van der Waals surface area (Å²) < 4.78 is 12.6. The molecular weight excluding hydrogens is 422 g/mol. The summed E-state index contributed by atoms with van der Waals surface area (Å²) in [6.45, 7) is 0.197. The molecule has 2 aromatic carbocycles. The number of fused-ring (bicyclic) bond motifs is 1. The molecule has 0 bridgehead atoms. The van der Waals surface area contributed by atoms with Gasteiger partial charge in [-0.3, -0.25) is 10.1 Å². The molecule has 2 N–H and O–H groups in total. The Morgan fingerprint density at radius 1 is 0.970 bits per heavy atom. The van der Waals surface area contributed by atoms with E-state index in [2.05, 4.69) is 20.7 Å². The van der Waals surface area contributed by atoms with Gasteiger partial charge in [-0.05, 0) is 48.7 Å². The summed E-state index contributed by atoms with van der Waals surface area (Å²) in [7, 11) is 0. The van der Waals surface area contributed by atoms with Crippen LogP contribution in [-0.2, 0) is 16.1 Å². The SMILES string of the molecule is O=C(Nc1ccc(Oc2ccc3nc(NC(=O)C4CC4)cn3n2)cc1)OCc1ccccc1. The van der Waals surface area contributed by atoms with Crippen molar-refractivity contribution < 1.29 is 19.1 Å². The first-order chi connectivity index (χ1) is 16.1. The predicted octanol–water partition coefficient (Wildman–Crippen LogP) is 4.62. The first-order valence-corrected chi connectivity index (χ1v) is 10.6. The molecule has 1 fully saturated rings. The highest BCUT2D eigenvalue weighted by Crippen LogP contribution is 2.30. The Kier molecular flexibility index (Phi) is 5.59. The van der Waals surface area contributed by atoms with Crippen molar-refractivity contribution in [2.75, 3.05) is 10.6 Å². The molecule has 0 radical (unpaired) electrons. The Bertz CT molecular complexity index is 1280. The third kappa shape index (κ3) is 5.27.